The van der Waals surface area contributed by atoms with Crippen LogP contribution in [0.25, 0.3) is 0 Å². The first-order chi connectivity index (χ1) is 14.0. The number of nitrogens with one attached hydrogen (secondary N) is 2. The summed E-state index contributed by atoms with van der Waals surface area (Å²) < 4.78 is 16.1. The lowest BCUT2D eigenvalue weighted by Crippen LogP contribution is -2.29. The molecule has 0 aromatic heterocycles. The second kappa shape index (κ2) is 22.5. The molecular formula is C21H40N2O6. The average molecular weight is 417 g/mol. The zero-order valence-corrected chi connectivity index (χ0v) is 18.8. The topological polar surface area (TPSA) is 103 Å². The fraction of sp³-hybridized carbons (Fsp3) is 0.762. The van der Waals surface area contributed by atoms with Crippen molar-refractivity contribution in [2.75, 3.05) is 52.7 Å². The van der Waals surface area contributed by atoms with E-state index < -0.39 is 11.6 Å². The van der Waals surface area contributed by atoms with Gasteiger partial charge in [-0.1, -0.05) is 20.8 Å². The Morgan fingerprint density at radius 2 is 1.38 bits per heavy atom. The van der Waals surface area contributed by atoms with Crippen molar-refractivity contribution in [3.05, 3.63) is 11.9 Å². The predicted octanol–water partition coefficient (Wildman–Crippen LogP) is 2.02. The van der Waals surface area contributed by atoms with Gasteiger partial charge in [0.2, 0.25) is 11.6 Å². The van der Waals surface area contributed by atoms with Crippen LogP contribution in [-0.2, 0) is 28.6 Å². The fourth-order valence-electron chi connectivity index (χ4n) is 1.98. The van der Waals surface area contributed by atoms with E-state index >= 15 is 0 Å². The number of rotatable bonds is 19. The van der Waals surface area contributed by atoms with E-state index in [0.29, 0.717) is 65.6 Å². The fourth-order valence-corrected chi connectivity index (χ4v) is 1.98. The maximum atomic E-state index is 11.7. The third-order valence-electron chi connectivity index (χ3n) is 3.37. The molecule has 0 saturated carbocycles. The van der Waals surface area contributed by atoms with Crippen molar-refractivity contribution in [3.63, 3.8) is 0 Å². The van der Waals surface area contributed by atoms with Gasteiger partial charge in [0.05, 0.1) is 39.6 Å². The van der Waals surface area contributed by atoms with Gasteiger partial charge in [0, 0.05) is 39.1 Å². The van der Waals surface area contributed by atoms with Crippen molar-refractivity contribution in [1.82, 2.24) is 10.6 Å². The number of carbonyl (C=O) groups is 3. The monoisotopic (exact) mass is 416 g/mol. The molecule has 0 aromatic carbocycles. The molecule has 0 unspecified atom stereocenters. The molecule has 0 saturated heterocycles. The van der Waals surface area contributed by atoms with Gasteiger partial charge >= 0.3 is 0 Å². The van der Waals surface area contributed by atoms with Crippen molar-refractivity contribution in [2.45, 2.75) is 53.9 Å². The SMILES string of the molecule is CC.CCCC(=O)CCOCCOCCOCCN/C(=C\NCC)C(=O)C(C)=O. The van der Waals surface area contributed by atoms with Crippen molar-refractivity contribution in [1.29, 1.82) is 0 Å². The molecule has 0 atom stereocenters. The van der Waals surface area contributed by atoms with Gasteiger partial charge in [-0.3, -0.25) is 14.4 Å². The van der Waals surface area contributed by atoms with E-state index in [1.54, 1.807) is 0 Å². The summed E-state index contributed by atoms with van der Waals surface area (Å²) in [6, 6.07) is 0. The second-order valence-corrected chi connectivity index (χ2v) is 5.80. The Hall–Kier alpha value is -1.77. The molecule has 0 aromatic rings. The highest BCUT2D eigenvalue weighted by molar-refractivity contribution is 6.42. The Labute approximate surface area is 175 Å². The van der Waals surface area contributed by atoms with E-state index in [1.807, 2.05) is 27.7 Å². The van der Waals surface area contributed by atoms with Gasteiger partial charge in [-0.15, -0.1) is 0 Å². The standard InChI is InChI=1S/C19H34N2O6.C2H6/c1-4-6-17(23)7-9-25-11-13-27-14-12-26-10-8-21-18(15-20-5-2)19(24)16(3)22;1-2/h15,20-21H,4-14H2,1-3H3;1-2H3/b18-15-;. The van der Waals surface area contributed by atoms with Gasteiger partial charge < -0.3 is 24.8 Å². The van der Waals surface area contributed by atoms with Crippen LogP contribution in [0.5, 0.6) is 0 Å². The normalized spacial score (nSPS) is 10.7. The number of Topliss-reactive ketones (excluding diaryl/α,β-unsaturated/α-hetero) is 3. The zero-order valence-electron chi connectivity index (χ0n) is 18.8. The summed E-state index contributed by atoms with van der Waals surface area (Å²) in [7, 11) is 0. The molecule has 170 valence electrons. The highest BCUT2D eigenvalue weighted by atomic mass is 16.5. The molecule has 0 spiro atoms. The van der Waals surface area contributed by atoms with Gasteiger partial charge in [-0.05, 0) is 13.3 Å². The first kappa shape index (κ1) is 29.4. The minimum atomic E-state index is -0.560. The molecular weight excluding hydrogens is 376 g/mol. The number of carbonyl (C=O) groups excluding carboxylic acids is 3. The van der Waals surface area contributed by atoms with Gasteiger partial charge in [0.25, 0.3) is 0 Å². The molecule has 8 nitrogen and oxygen atoms in total. The number of ketones is 3. The largest absolute Gasteiger partial charge is 0.389 e. The van der Waals surface area contributed by atoms with Crippen LogP contribution >= 0.6 is 0 Å². The van der Waals surface area contributed by atoms with E-state index in [1.165, 1.54) is 13.1 Å². The number of hydrogen-bond acceptors (Lipinski definition) is 8. The van der Waals surface area contributed by atoms with Crippen LogP contribution in [0.15, 0.2) is 11.9 Å². The molecule has 29 heavy (non-hydrogen) atoms. The van der Waals surface area contributed by atoms with Crippen LogP contribution in [0.3, 0.4) is 0 Å². The first-order valence-corrected chi connectivity index (χ1v) is 10.5. The first-order valence-electron chi connectivity index (χ1n) is 10.5. The maximum absolute atomic E-state index is 11.7. The lowest BCUT2D eigenvalue weighted by molar-refractivity contribution is -0.133. The van der Waals surface area contributed by atoms with Gasteiger partial charge in [0.15, 0.2) is 0 Å². The number of allylic oxidation sites excluding steroid dienone is 1. The lowest BCUT2D eigenvalue weighted by Gasteiger charge is -2.10. The molecule has 0 aliphatic heterocycles. The molecule has 0 aliphatic rings. The molecule has 0 fully saturated rings. The average Bonchev–Trinajstić information content (AvgIpc) is 2.72. The summed E-state index contributed by atoms with van der Waals surface area (Å²) >= 11 is 0. The van der Waals surface area contributed by atoms with Crippen LogP contribution in [0.2, 0.25) is 0 Å². The minimum Gasteiger partial charge on any atom is -0.389 e. The number of ether oxygens (including phenoxy) is 3. The van der Waals surface area contributed by atoms with Crippen molar-refractivity contribution in [2.24, 2.45) is 0 Å². The maximum Gasteiger partial charge on any atom is 0.245 e. The highest BCUT2D eigenvalue weighted by Gasteiger charge is 2.13. The second-order valence-electron chi connectivity index (χ2n) is 5.80. The van der Waals surface area contributed by atoms with E-state index in [2.05, 4.69) is 10.6 Å². The highest BCUT2D eigenvalue weighted by Crippen LogP contribution is 1.95. The Bertz CT molecular complexity index is 466. The zero-order chi connectivity index (χ0) is 22.3. The summed E-state index contributed by atoms with van der Waals surface area (Å²) in [5, 5.41) is 5.79. The summed E-state index contributed by atoms with van der Waals surface area (Å²) in [6.07, 6.45) is 3.45. The third kappa shape index (κ3) is 19.3. The van der Waals surface area contributed by atoms with E-state index in [0.717, 1.165) is 6.42 Å². The van der Waals surface area contributed by atoms with Crippen molar-refractivity contribution in [3.8, 4) is 0 Å². The van der Waals surface area contributed by atoms with Crippen LogP contribution < -0.4 is 10.6 Å². The summed E-state index contributed by atoms with van der Waals surface area (Å²) in [4.78, 5) is 34.2. The van der Waals surface area contributed by atoms with Gasteiger partial charge in [-0.25, -0.2) is 0 Å². The molecule has 0 radical (unpaired) electrons. The Balaban J connectivity index is 0. The van der Waals surface area contributed by atoms with E-state index in [4.69, 9.17) is 14.2 Å². The number of hydrogen-bond donors (Lipinski definition) is 2. The lowest BCUT2D eigenvalue weighted by atomic mass is 10.2. The molecule has 8 heteroatoms. The molecule has 0 rings (SSSR count). The molecule has 0 aliphatic carbocycles. The van der Waals surface area contributed by atoms with Gasteiger partial charge in [-0.2, -0.15) is 0 Å². The van der Waals surface area contributed by atoms with Crippen LogP contribution in [0, 0.1) is 0 Å². The third-order valence-corrected chi connectivity index (χ3v) is 3.37. The Kier molecular flexibility index (Phi) is 22.9. The summed E-state index contributed by atoms with van der Waals surface area (Å²) in [5.41, 5.74) is 0.235. The van der Waals surface area contributed by atoms with E-state index in [9.17, 15) is 14.4 Å². The van der Waals surface area contributed by atoms with Crippen LogP contribution in [-0.4, -0.2) is 70.1 Å². The molecule has 0 bridgehead atoms. The minimum absolute atomic E-state index is 0.230. The summed E-state index contributed by atoms with van der Waals surface area (Å²) in [6.45, 7) is 12.8. The quantitative estimate of drug-likeness (QED) is 0.187. The Morgan fingerprint density at radius 3 is 1.90 bits per heavy atom. The molecule has 0 amide bonds. The molecule has 0 heterocycles. The predicted molar refractivity (Wildman–Crippen MR) is 114 cm³/mol. The van der Waals surface area contributed by atoms with Crippen LogP contribution in [0.1, 0.15) is 53.9 Å². The van der Waals surface area contributed by atoms with Gasteiger partial charge in [0.1, 0.15) is 11.5 Å². The van der Waals surface area contributed by atoms with Crippen molar-refractivity contribution >= 4 is 17.3 Å². The van der Waals surface area contributed by atoms with E-state index in [-0.39, 0.29) is 11.5 Å². The van der Waals surface area contributed by atoms with Crippen LogP contribution in [0.4, 0.5) is 0 Å². The Morgan fingerprint density at radius 1 is 0.828 bits per heavy atom. The van der Waals surface area contributed by atoms with Crippen molar-refractivity contribution < 1.29 is 28.6 Å². The smallest absolute Gasteiger partial charge is 0.245 e. The summed E-state index contributed by atoms with van der Waals surface area (Å²) in [5.74, 6) is -0.845. The molecule has 2 N–H and O–H groups in total.